The lowest BCUT2D eigenvalue weighted by molar-refractivity contribution is -0.152. The summed E-state index contributed by atoms with van der Waals surface area (Å²) in [5, 5.41) is 0. The van der Waals surface area contributed by atoms with Gasteiger partial charge in [0.05, 0.1) is 18.2 Å². The number of carbonyl (C=O) groups excluding carboxylic acids is 1. The van der Waals surface area contributed by atoms with Gasteiger partial charge in [-0.1, -0.05) is 0 Å². The third kappa shape index (κ3) is 3.34. The van der Waals surface area contributed by atoms with Crippen molar-refractivity contribution in [3.63, 3.8) is 0 Å². The Morgan fingerprint density at radius 3 is 2.65 bits per heavy atom. The monoisotopic (exact) mass is 241 g/mol. The number of esters is 1. The first kappa shape index (κ1) is 13.3. The average molecular weight is 241 g/mol. The van der Waals surface area contributed by atoms with Gasteiger partial charge >= 0.3 is 5.97 Å². The molecular formula is C12H16FNO3. The topological polar surface area (TPSA) is 61.5 Å². The molecule has 0 fully saturated rings. The maximum atomic E-state index is 12.8. The van der Waals surface area contributed by atoms with Gasteiger partial charge in [-0.2, -0.15) is 0 Å². The van der Waals surface area contributed by atoms with E-state index in [9.17, 15) is 9.18 Å². The Morgan fingerprint density at radius 2 is 2.12 bits per heavy atom. The minimum absolute atomic E-state index is 0.107. The Labute approximate surface area is 99.5 Å². The molecule has 0 saturated carbocycles. The van der Waals surface area contributed by atoms with Gasteiger partial charge in [-0.3, -0.25) is 4.79 Å². The van der Waals surface area contributed by atoms with E-state index in [1.54, 1.807) is 13.8 Å². The van der Waals surface area contributed by atoms with Crippen LogP contribution in [0.25, 0.3) is 0 Å². The van der Waals surface area contributed by atoms with Crippen LogP contribution in [0.2, 0.25) is 0 Å². The van der Waals surface area contributed by atoms with Crippen molar-refractivity contribution in [1.82, 2.24) is 0 Å². The van der Waals surface area contributed by atoms with Gasteiger partial charge in [0.15, 0.2) is 0 Å². The number of halogens is 1. The second kappa shape index (κ2) is 5.03. The van der Waals surface area contributed by atoms with Crippen LogP contribution < -0.4 is 10.5 Å². The highest BCUT2D eigenvalue weighted by Crippen LogP contribution is 2.25. The zero-order chi connectivity index (χ0) is 13.1. The molecule has 2 N–H and O–H groups in total. The van der Waals surface area contributed by atoms with Crippen molar-refractivity contribution in [2.24, 2.45) is 5.41 Å². The van der Waals surface area contributed by atoms with Crippen molar-refractivity contribution in [1.29, 1.82) is 0 Å². The van der Waals surface area contributed by atoms with E-state index in [0.717, 1.165) is 0 Å². The van der Waals surface area contributed by atoms with E-state index in [1.165, 1.54) is 25.3 Å². The highest BCUT2D eigenvalue weighted by molar-refractivity contribution is 5.76. The number of benzene rings is 1. The Kier molecular flexibility index (Phi) is 3.93. The Morgan fingerprint density at radius 1 is 1.47 bits per heavy atom. The van der Waals surface area contributed by atoms with Crippen LogP contribution in [0, 0.1) is 11.2 Å². The lowest BCUT2D eigenvalue weighted by atomic mass is 9.95. The van der Waals surface area contributed by atoms with E-state index in [0.29, 0.717) is 5.75 Å². The average Bonchev–Trinajstić information content (AvgIpc) is 2.26. The molecule has 0 amide bonds. The van der Waals surface area contributed by atoms with E-state index in [2.05, 4.69) is 4.74 Å². The zero-order valence-electron chi connectivity index (χ0n) is 10.1. The van der Waals surface area contributed by atoms with Crippen LogP contribution in [-0.4, -0.2) is 19.7 Å². The molecule has 1 rings (SSSR count). The first-order valence-electron chi connectivity index (χ1n) is 5.13. The van der Waals surface area contributed by atoms with E-state index >= 15 is 0 Å². The fourth-order valence-electron chi connectivity index (χ4n) is 1.24. The summed E-state index contributed by atoms with van der Waals surface area (Å²) in [4.78, 5) is 11.4. The number of nitrogen functional groups attached to an aromatic ring is 1. The normalized spacial score (nSPS) is 11.1. The number of ether oxygens (including phenoxy) is 2. The second-order valence-electron chi connectivity index (χ2n) is 4.35. The molecule has 0 aliphatic carbocycles. The molecule has 0 aromatic heterocycles. The third-order valence-corrected chi connectivity index (χ3v) is 2.30. The van der Waals surface area contributed by atoms with Crippen LogP contribution in [-0.2, 0) is 9.53 Å². The van der Waals surface area contributed by atoms with E-state index in [-0.39, 0.29) is 18.3 Å². The summed E-state index contributed by atoms with van der Waals surface area (Å²) in [6, 6.07) is 3.84. The minimum Gasteiger partial charge on any atom is -0.490 e. The molecule has 4 nitrogen and oxygen atoms in total. The number of anilines is 1. The van der Waals surface area contributed by atoms with Crippen LogP contribution in [0.4, 0.5) is 10.1 Å². The fourth-order valence-corrected chi connectivity index (χ4v) is 1.24. The first-order chi connectivity index (χ1) is 7.86. The zero-order valence-corrected chi connectivity index (χ0v) is 10.1. The van der Waals surface area contributed by atoms with Gasteiger partial charge < -0.3 is 15.2 Å². The number of hydrogen-bond acceptors (Lipinski definition) is 4. The van der Waals surface area contributed by atoms with Gasteiger partial charge in [-0.05, 0) is 26.0 Å². The van der Waals surface area contributed by atoms with Crippen LogP contribution >= 0.6 is 0 Å². The Hall–Kier alpha value is -1.78. The molecule has 0 saturated heterocycles. The molecule has 0 aliphatic heterocycles. The minimum atomic E-state index is -0.782. The highest BCUT2D eigenvalue weighted by Gasteiger charge is 2.29. The van der Waals surface area contributed by atoms with Crippen molar-refractivity contribution in [2.75, 3.05) is 19.5 Å². The summed E-state index contributed by atoms with van der Waals surface area (Å²) in [7, 11) is 1.32. The summed E-state index contributed by atoms with van der Waals surface area (Å²) in [5.41, 5.74) is 5.00. The molecule has 0 aliphatic rings. The number of carbonyl (C=O) groups is 1. The molecule has 94 valence electrons. The molecule has 1 aromatic rings. The van der Waals surface area contributed by atoms with Crippen molar-refractivity contribution < 1.29 is 18.7 Å². The molecule has 0 unspecified atom stereocenters. The molecule has 0 atom stereocenters. The first-order valence-corrected chi connectivity index (χ1v) is 5.13. The lowest BCUT2D eigenvalue weighted by Crippen LogP contribution is -2.32. The lowest BCUT2D eigenvalue weighted by Gasteiger charge is -2.22. The number of hydrogen-bond donors (Lipinski definition) is 1. The summed E-state index contributed by atoms with van der Waals surface area (Å²) in [6.45, 7) is 3.49. The largest absolute Gasteiger partial charge is 0.490 e. The third-order valence-electron chi connectivity index (χ3n) is 2.30. The van der Waals surface area contributed by atoms with Crippen LogP contribution in [0.15, 0.2) is 18.2 Å². The van der Waals surface area contributed by atoms with Crippen molar-refractivity contribution in [3.05, 3.63) is 24.0 Å². The molecular weight excluding hydrogens is 225 g/mol. The van der Waals surface area contributed by atoms with Gasteiger partial charge in [-0.15, -0.1) is 0 Å². The van der Waals surface area contributed by atoms with Gasteiger partial charge in [0, 0.05) is 6.07 Å². The van der Waals surface area contributed by atoms with E-state index in [1.807, 2.05) is 0 Å². The smallest absolute Gasteiger partial charge is 0.314 e. The number of methoxy groups -OCH3 is 1. The standard InChI is InChI=1S/C12H16FNO3/c1-12(2,11(15)16-3)7-17-10-5-4-8(13)6-9(10)14/h4-6H,7,14H2,1-3H3. The van der Waals surface area contributed by atoms with Crippen LogP contribution in [0.3, 0.4) is 0 Å². The summed E-state index contributed by atoms with van der Waals surface area (Å²) < 4.78 is 22.8. The summed E-state index contributed by atoms with van der Waals surface area (Å²) in [6.07, 6.45) is 0. The van der Waals surface area contributed by atoms with Gasteiger partial charge in [0.2, 0.25) is 0 Å². The molecule has 1 aromatic carbocycles. The molecule has 0 radical (unpaired) electrons. The summed E-state index contributed by atoms with van der Waals surface area (Å²) in [5.74, 6) is -0.455. The summed E-state index contributed by atoms with van der Waals surface area (Å²) >= 11 is 0. The SMILES string of the molecule is COC(=O)C(C)(C)COc1ccc(F)cc1N. The Bertz CT molecular complexity index is 418. The van der Waals surface area contributed by atoms with Gasteiger partial charge in [-0.25, -0.2) is 4.39 Å². The molecule has 0 bridgehead atoms. The predicted octanol–water partition coefficient (Wildman–Crippen LogP) is 1.99. The second-order valence-corrected chi connectivity index (χ2v) is 4.35. The van der Waals surface area contributed by atoms with E-state index < -0.39 is 11.2 Å². The van der Waals surface area contributed by atoms with Gasteiger partial charge in [0.1, 0.15) is 18.2 Å². The molecule has 17 heavy (non-hydrogen) atoms. The van der Waals surface area contributed by atoms with Crippen molar-refractivity contribution in [3.8, 4) is 5.75 Å². The molecule has 0 heterocycles. The Balaban J connectivity index is 2.70. The quantitative estimate of drug-likeness (QED) is 0.646. The van der Waals surface area contributed by atoms with Crippen molar-refractivity contribution in [2.45, 2.75) is 13.8 Å². The molecule has 5 heteroatoms. The predicted molar refractivity (Wildman–Crippen MR) is 62.1 cm³/mol. The maximum Gasteiger partial charge on any atom is 0.314 e. The maximum absolute atomic E-state index is 12.8. The van der Waals surface area contributed by atoms with Crippen LogP contribution in [0.5, 0.6) is 5.75 Å². The molecule has 0 spiro atoms. The van der Waals surface area contributed by atoms with Gasteiger partial charge in [0.25, 0.3) is 0 Å². The van der Waals surface area contributed by atoms with Crippen molar-refractivity contribution >= 4 is 11.7 Å². The number of nitrogens with two attached hydrogens (primary N) is 1. The fraction of sp³-hybridized carbons (Fsp3) is 0.417. The van der Waals surface area contributed by atoms with E-state index in [4.69, 9.17) is 10.5 Å². The highest BCUT2D eigenvalue weighted by atomic mass is 19.1. The number of rotatable bonds is 4. The van der Waals surface area contributed by atoms with Crippen LogP contribution in [0.1, 0.15) is 13.8 Å².